The van der Waals surface area contributed by atoms with E-state index < -0.39 is 0 Å². The van der Waals surface area contributed by atoms with Gasteiger partial charge in [0.25, 0.3) is 5.91 Å². The number of benzene rings is 2. The van der Waals surface area contributed by atoms with Crippen molar-refractivity contribution in [3.63, 3.8) is 0 Å². The van der Waals surface area contributed by atoms with E-state index in [1.165, 1.54) is 0 Å². The molecule has 27 heavy (non-hydrogen) atoms. The summed E-state index contributed by atoms with van der Waals surface area (Å²) in [5, 5.41) is 0.952. The number of aromatic nitrogens is 1. The monoisotopic (exact) mass is 356 g/mol. The molecule has 2 heterocycles. The molecule has 0 N–H and O–H groups in total. The Bertz CT molecular complexity index is 1040. The lowest BCUT2D eigenvalue weighted by molar-refractivity contribution is 0.0659. The van der Waals surface area contributed by atoms with Crippen molar-refractivity contribution < 1.29 is 9.21 Å². The van der Waals surface area contributed by atoms with E-state index in [0.717, 1.165) is 22.2 Å². The van der Waals surface area contributed by atoms with Crippen LogP contribution in [0.15, 0.2) is 89.7 Å². The maximum atomic E-state index is 13.4. The third-order valence-electron chi connectivity index (χ3n) is 4.77. The Balaban J connectivity index is 1.70. The van der Waals surface area contributed by atoms with E-state index in [1.54, 1.807) is 12.5 Å². The van der Waals surface area contributed by atoms with E-state index in [-0.39, 0.29) is 11.9 Å². The molecule has 134 valence electrons. The van der Waals surface area contributed by atoms with E-state index in [9.17, 15) is 4.79 Å². The number of hydrogen-bond donors (Lipinski definition) is 0. The molecule has 0 fully saturated rings. The molecule has 0 aliphatic heterocycles. The van der Waals surface area contributed by atoms with Crippen LogP contribution in [0.3, 0.4) is 0 Å². The lowest BCUT2D eigenvalue weighted by atomic mass is 10.0. The van der Waals surface area contributed by atoms with Crippen molar-refractivity contribution >= 4 is 16.8 Å². The first kappa shape index (κ1) is 17.0. The van der Waals surface area contributed by atoms with Gasteiger partial charge >= 0.3 is 0 Å². The number of carbonyl (C=O) groups excluding carboxylic acids is 1. The third kappa shape index (κ3) is 3.60. The minimum absolute atomic E-state index is 0.0338. The van der Waals surface area contributed by atoms with Crippen LogP contribution < -0.4 is 0 Å². The standard InChI is InChI=1S/C23H20N2O2/c1-17(18-7-3-2-4-8-18)25(16-21-10-6-14-27-21)23(26)20-11-12-22-19(15-20)9-5-13-24-22/h2-15,17H,16H2,1H3. The zero-order valence-electron chi connectivity index (χ0n) is 15.1. The van der Waals surface area contributed by atoms with Crippen molar-refractivity contribution in [3.05, 3.63) is 102 Å². The number of furan rings is 1. The molecule has 4 rings (SSSR count). The normalized spacial score (nSPS) is 12.0. The predicted molar refractivity (Wildman–Crippen MR) is 105 cm³/mol. The van der Waals surface area contributed by atoms with Crippen LogP contribution in [0, 0.1) is 0 Å². The lowest BCUT2D eigenvalue weighted by Crippen LogP contribution is -2.33. The highest BCUT2D eigenvalue weighted by Gasteiger charge is 2.24. The van der Waals surface area contributed by atoms with Crippen molar-refractivity contribution in [1.82, 2.24) is 9.88 Å². The Labute approximate surface area is 158 Å². The van der Waals surface area contributed by atoms with Gasteiger partial charge in [0.1, 0.15) is 5.76 Å². The largest absolute Gasteiger partial charge is 0.467 e. The van der Waals surface area contributed by atoms with Gasteiger partial charge in [-0.25, -0.2) is 0 Å². The van der Waals surface area contributed by atoms with E-state index >= 15 is 0 Å². The summed E-state index contributed by atoms with van der Waals surface area (Å²) < 4.78 is 5.50. The van der Waals surface area contributed by atoms with Crippen molar-refractivity contribution in [3.8, 4) is 0 Å². The molecule has 1 amide bonds. The van der Waals surface area contributed by atoms with Gasteiger partial charge in [-0.05, 0) is 48.9 Å². The van der Waals surface area contributed by atoms with Crippen LogP contribution in [-0.4, -0.2) is 15.8 Å². The topological polar surface area (TPSA) is 46.3 Å². The first-order valence-electron chi connectivity index (χ1n) is 8.95. The minimum Gasteiger partial charge on any atom is -0.467 e. The predicted octanol–water partition coefficient (Wildman–Crippen LogP) is 5.23. The van der Waals surface area contributed by atoms with E-state index in [1.807, 2.05) is 84.6 Å². The molecular weight excluding hydrogens is 336 g/mol. The quantitative estimate of drug-likeness (QED) is 0.492. The molecule has 2 aromatic carbocycles. The van der Waals surface area contributed by atoms with Gasteiger partial charge in [-0.2, -0.15) is 0 Å². The van der Waals surface area contributed by atoms with Gasteiger partial charge in [0.05, 0.1) is 24.4 Å². The molecule has 1 atom stereocenters. The Morgan fingerprint density at radius 3 is 2.67 bits per heavy atom. The third-order valence-corrected chi connectivity index (χ3v) is 4.77. The van der Waals surface area contributed by atoms with Crippen LogP contribution in [0.4, 0.5) is 0 Å². The molecule has 4 nitrogen and oxygen atoms in total. The van der Waals surface area contributed by atoms with E-state index in [2.05, 4.69) is 4.98 Å². The van der Waals surface area contributed by atoms with Gasteiger partial charge < -0.3 is 9.32 Å². The molecule has 1 unspecified atom stereocenters. The number of fused-ring (bicyclic) bond motifs is 1. The fraction of sp³-hybridized carbons (Fsp3) is 0.130. The van der Waals surface area contributed by atoms with E-state index in [0.29, 0.717) is 12.1 Å². The van der Waals surface area contributed by atoms with Crippen LogP contribution in [0.25, 0.3) is 10.9 Å². The second-order valence-corrected chi connectivity index (χ2v) is 6.51. The maximum absolute atomic E-state index is 13.4. The van der Waals surface area contributed by atoms with Crippen LogP contribution in [0.1, 0.15) is 34.6 Å². The highest BCUT2D eigenvalue weighted by Crippen LogP contribution is 2.25. The molecule has 0 radical (unpaired) electrons. The molecule has 0 saturated carbocycles. The summed E-state index contributed by atoms with van der Waals surface area (Å²) in [6, 6.07) is 23.2. The first-order chi connectivity index (χ1) is 13.2. The van der Waals surface area contributed by atoms with Crippen molar-refractivity contribution in [2.75, 3.05) is 0 Å². The van der Waals surface area contributed by atoms with Crippen LogP contribution in [0.5, 0.6) is 0 Å². The molecule has 0 aliphatic carbocycles. The SMILES string of the molecule is CC(c1ccccc1)N(Cc1ccco1)C(=O)c1ccc2ncccc2c1. The van der Waals surface area contributed by atoms with Crippen molar-refractivity contribution in [2.24, 2.45) is 0 Å². The Hall–Kier alpha value is -3.40. The molecule has 0 aliphatic rings. The average Bonchev–Trinajstić information content (AvgIpc) is 3.24. The zero-order chi connectivity index (χ0) is 18.6. The molecular formula is C23H20N2O2. The summed E-state index contributed by atoms with van der Waals surface area (Å²) in [5.74, 6) is 0.724. The molecule has 0 bridgehead atoms. The Morgan fingerprint density at radius 1 is 1.04 bits per heavy atom. The number of carbonyl (C=O) groups is 1. The summed E-state index contributed by atoms with van der Waals surface area (Å²) in [6.45, 7) is 2.45. The fourth-order valence-corrected chi connectivity index (χ4v) is 3.24. The average molecular weight is 356 g/mol. The molecule has 0 spiro atoms. The molecule has 0 saturated heterocycles. The lowest BCUT2D eigenvalue weighted by Gasteiger charge is -2.29. The molecule has 4 aromatic rings. The van der Waals surface area contributed by atoms with Gasteiger partial charge in [-0.1, -0.05) is 36.4 Å². The highest BCUT2D eigenvalue weighted by atomic mass is 16.3. The summed E-state index contributed by atoms with van der Waals surface area (Å²) in [6.07, 6.45) is 3.39. The number of amides is 1. The van der Waals surface area contributed by atoms with Gasteiger partial charge in [0.2, 0.25) is 0 Å². The number of hydrogen-bond acceptors (Lipinski definition) is 3. The van der Waals surface area contributed by atoms with Gasteiger partial charge in [0.15, 0.2) is 0 Å². The number of rotatable bonds is 5. The summed E-state index contributed by atoms with van der Waals surface area (Å²) in [5.41, 5.74) is 2.60. The van der Waals surface area contributed by atoms with Crippen LogP contribution in [-0.2, 0) is 6.54 Å². The summed E-state index contributed by atoms with van der Waals surface area (Å²) in [7, 11) is 0. The van der Waals surface area contributed by atoms with E-state index in [4.69, 9.17) is 4.42 Å². The number of pyridine rings is 1. The second kappa shape index (κ2) is 7.46. The number of nitrogens with zero attached hydrogens (tertiary/aromatic N) is 2. The van der Waals surface area contributed by atoms with Gasteiger partial charge in [-0.15, -0.1) is 0 Å². The minimum atomic E-state index is -0.0894. The molecule has 4 heteroatoms. The first-order valence-corrected chi connectivity index (χ1v) is 8.95. The van der Waals surface area contributed by atoms with Gasteiger partial charge in [0, 0.05) is 17.1 Å². The molecule has 2 aromatic heterocycles. The van der Waals surface area contributed by atoms with Crippen molar-refractivity contribution in [1.29, 1.82) is 0 Å². The van der Waals surface area contributed by atoms with Crippen molar-refractivity contribution in [2.45, 2.75) is 19.5 Å². The maximum Gasteiger partial charge on any atom is 0.254 e. The Kier molecular flexibility index (Phi) is 4.71. The second-order valence-electron chi connectivity index (χ2n) is 6.51. The summed E-state index contributed by atoms with van der Waals surface area (Å²) in [4.78, 5) is 19.6. The summed E-state index contributed by atoms with van der Waals surface area (Å²) >= 11 is 0. The fourth-order valence-electron chi connectivity index (χ4n) is 3.24. The van der Waals surface area contributed by atoms with Crippen LogP contribution >= 0.6 is 0 Å². The highest BCUT2D eigenvalue weighted by molar-refractivity contribution is 5.98. The van der Waals surface area contributed by atoms with Gasteiger partial charge in [-0.3, -0.25) is 9.78 Å². The smallest absolute Gasteiger partial charge is 0.254 e. The van der Waals surface area contributed by atoms with Crippen LogP contribution in [0.2, 0.25) is 0 Å². The zero-order valence-corrected chi connectivity index (χ0v) is 15.1. The Morgan fingerprint density at radius 2 is 1.89 bits per heavy atom.